The second-order valence-corrected chi connectivity index (χ2v) is 7.61. The number of nitrogens with one attached hydrogen (secondary N) is 1. The van der Waals surface area contributed by atoms with Crippen LogP contribution in [0.2, 0.25) is 0 Å². The van der Waals surface area contributed by atoms with Gasteiger partial charge < -0.3 is 10.2 Å². The van der Waals surface area contributed by atoms with Crippen LogP contribution in [0.4, 0.5) is 0 Å². The number of thioether (sulfide) groups is 1. The molecule has 2 amide bonds. The van der Waals surface area contributed by atoms with E-state index in [9.17, 15) is 9.59 Å². The van der Waals surface area contributed by atoms with Crippen LogP contribution in [0.5, 0.6) is 0 Å². The fourth-order valence-corrected chi connectivity index (χ4v) is 4.27. The molecule has 0 radical (unpaired) electrons. The van der Waals surface area contributed by atoms with Gasteiger partial charge in [-0.3, -0.25) is 9.59 Å². The van der Waals surface area contributed by atoms with Gasteiger partial charge in [0.15, 0.2) is 0 Å². The highest BCUT2D eigenvalue weighted by atomic mass is 32.2. The van der Waals surface area contributed by atoms with E-state index in [-0.39, 0.29) is 17.9 Å². The first kappa shape index (κ1) is 14.2. The topological polar surface area (TPSA) is 49.4 Å². The van der Waals surface area contributed by atoms with Crippen molar-refractivity contribution in [1.29, 1.82) is 0 Å². The van der Waals surface area contributed by atoms with Crippen molar-refractivity contribution in [1.82, 2.24) is 10.2 Å². The minimum absolute atomic E-state index is 0.119. The fourth-order valence-electron chi connectivity index (χ4n) is 3.67. The van der Waals surface area contributed by atoms with Crippen LogP contribution in [0.25, 0.3) is 0 Å². The molecule has 2 aliphatic carbocycles. The molecular weight excluding hydrogens is 272 g/mol. The van der Waals surface area contributed by atoms with Gasteiger partial charge in [0.05, 0.1) is 0 Å². The SMILES string of the molecule is CCSCCN1C(=O)C(C2CC2)NC(=O)C12CCCC2. The third kappa shape index (κ3) is 2.34. The number of piperazine rings is 1. The molecule has 3 rings (SSSR count). The number of carbonyl (C=O) groups is 2. The van der Waals surface area contributed by atoms with E-state index < -0.39 is 5.54 Å². The van der Waals surface area contributed by atoms with Gasteiger partial charge in [0, 0.05) is 12.3 Å². The highest BCUT2D eigenvalue weighted by Gasteiger charge is 2.55. The van der Waals surface area contributed by atoms with Gasteiger partial charge >= 0.3 is 0 Å². The Morgan fingerprint density at radius 2 is 2.00 bits per heavy atom. The second-order valence-electron chi connectivity index (χ2n) is 6.21. The molecule has 1 spiro atoms. The third-order valence-electron chi connectivity index (χ3n) is 4.95. The smallest absolute Gasteiger partial charge is 0.246 e. The molecule has 1 saturated heterocycles. The van der Waals surface area contributed by atoms with Crippen LogP contribution in [-0.4, -0.2) is 46.3 Å². The lowest BCUT2D eigenvalue weighted by atomic mass is 9.88. The molecule has 3 aliphatic rings. The van der Waals surface area contributed by atoms with Crippen molar-refractivity contribution in [2.45, 2.75) is 57.0 Å². The van der Waals surface area contributed by atoms with Crippen molar-refractivity contribution < 1.29 is 9.59 Å². The number of carbonyl (C=O) groups excluding carboxylic acids is 2. The summed E-state index contributed by atoms with van der Waals surface area (Å²) in [4.78, 5) is 27.4. The molecule has 0 aromatic heterocycles. The van der Waals surface area contributed by atoms with Crippen molar-refractivity contribution >= 4 is 23.6 Å². The molecule has 20 heavy (non-hydrogen) atoms. The molecule has 0 aromatic rings. The predicted octanol–water partition coefficient (Wildman–Crippen LogP) is 1.79. The minimum Gasteiger partial charge on any atom is -0.342 e. The zero-order valence-electron chi connectivity index (χ0n) is 12.2. The number of amides is 2. The molecule has 1 unspecified atom stereocenters. The quantitative estimate of drug-likeness (QED) is 0.787. The van der Waals surface area contributed by atoms with Gasteiger partial charge in [0.25, 0.3) is 0 Å². The summed E-state index contributed by atoms with van der Waals surface area (Å²) in [5.74, 6) is 2.70. The van der Waals surface area contributed by atoms with Gasteiger partial charge in [0.2, 0.25) is 11.8 Å². The van der Waals surface area contributed by atoms with Crippen molar-refractivity contribution in [3.63, 3.8) is 0 Å². The molecule has 1 heterocycles. The number of rotatable bonds is 5. The molecule has 1 atom stereocenters. The summed E-state index contributed by atoms with van der Waals surface area (Å²) < 4.78 is 0. The van der Waals surface area contributed by atoms with Gasteiger partial charge in [0.1, 0.15) is 11.6 Å². The Hall–Kier alpha value is -0.710. The van der Waals surface area contributed by atoms with E-state index in [4.69, 9.17) is 0 Å². The lowest BCUT2D eigenvalue weighted by Gasteiger charge is -2.46. The lowest BCUT2D eigenvalue weighted by Crippen LogP contribution is -2.70. The van der Waals surface area contributed by atoms with E-state index >= 15 is 0 Å². The molecule has 4 nitrogen and oxygen atoms in total. The molecule has 0 bridgehead atoms. The second kappa shape index (κ2) is 5.58. The predicted molar refractivity (Wildman–Crippen MR) is 80.6 cm³/mol. The van der Waals surface area contributed by atoms with E-state index in [1.54, 1.807) is 0 Å². The van der Waals surface area contributed by atoms with Crippen LogP contribution in [0, 0.1) is 5.92 Å². The molecule has 3 fully saturated rings. The standard InChI is InChI=1S/C15H24N2O2S/c1-2-20-10-9-17-13(18)12(11-5-6-11)16-14(19)15(17)7-3-4-8-15/h11-12H,2-10H2,1H3,(H,16,19). The molecule has 2 saturated carbocycles. The average Bonchev–Trinajstić information content (AvgIpc) is 3.16. The average molecular weight is 296 g/mol. The first-order valence-electron chi connectivity index (χ1n) is 7.89. The van der Waals surface area contributed by atoms with Crippen LogP contribution in [0.1, 0.15) is 45.4 Å². The minimum atomic E-state index is -0.517. The summed E-state index contributed by atoms with van der Waals surface area (Å²) in [5.41, 5.74) is -0.517. The summed E-state index contributed by atoms with van der Waals surface area (Å²) in [6, 6.07) is -0.236. The van der Waals surface area contributed by atoms with Crippen LogP contribution in [0.15, 0.2) is 0 Å². The Morgan fingerprint density at radius 1 is 1.30 bits per heavy atom. The van der Waals surface area contributed by atoms with Gasteiger partial charge in [-0.15, -0.1) is 0 Å². The first-order valence-corrected chi connectivity index (χ1v) is 9.05. The van der Waals surface area contributed by atoms with Crippen molar-refractivity contribution in [3.8, 4) is 0 Å². The van der Waals surface area contributed by atoms with Crippen molar-refractivity contribution in [2.75, 3.05) is 18.1 Å². The van der Waals surface area contributed by atoms with Crippen LogP contribution in [0.3, 0.4) is 0 Å². The first-order chi connectivity index (χ1) is 9.69. The fraction of sp³-hybridized carbons (Fsp3) is 0.867. The van der Waals surface area contributed by atoms with E-state index in [1.807, 2.05) is 16.7 Å². The van der Waals surface area contributed by atoms with Gasteiger partial charge in [-0.1, -0.05) is 19.8 Å². The summed E-state index contributed by atoms with van der Waals surface area (Å²) >= 11 is 1.85. The van der Waals surface area contributed by atoms with Crippen molar-refractivity contribution in [3.05, 3.63) is 0 Å². The van der Waals surface area contributed by atoms with Gasteiger partial charge in [-0.25, -0.2) is 0 Å². The summed E-state index contributed by atoms with van der Waals surface area (Å²) in [6.45, 7) is 2.86. The maximum absolute atomic E-state index is 12.8. The molecule has 5 heteroatoms. The molecule has 1 aliphatic heterocycles. The Balaban J connectivity index is 1.80. The Labute approximate surface area is 125 Å². The largest absolute Gasteiger partial charge is 0.342 e. The Kier molecular flexibility index (Phi) is 3.98. The highest BCUT2D eigenvalue weighted by molar-refractivity contribution is 7.99. The molecule has 0 aromatic carbocycles. The highest BCUT2D eigenvalue weighted by Crippen LogP contribution is 2.42. The zero-order chi connectivity index (χ0) is 14.2. The Morgan fingerprint density at radius 3 is 2.60 bits per heavy atom. The lowest BCUT2D eigenvalue weighted by molar-refractivity contribution is -0.157. The van der Waals surface area contributed by atoms with Crippen LogP contribution < -0.4 is 5.32 Å². The van der Waals surface area contributed by atoms with Gasteiger partial charge in [-0.2, -0.15) is 11.8 Å². The molecular formula is C15H24N2O2S. The zero-order valence-corrected chi connectivity index (χ0v) is 13.0. The third-order valence-corrected chi connectivity index (χ3v) is 5.82. The van der Waals surface area contributed by atoms with Gasteiger partial charge in [-0.05, 0) is 37.4 Å². The van der Waals surface area contributed by atoms with E-state index in [2.05, 4.69) is 12.2 Å². The summed E-state index contributed by atoms with van der Waals surface area (Å²) in [6.07, 6.45) is 5.98. The Bertz CT molecular complexity index is 403. The number of nitrogens with zero attached hydrogens (tertiary/aromatic N) is 1. The maximum Gasteiger partial charge on any atom is 0.246 e. The number of hydrogen-bond acceptors (Lipinski definition) is 3. The van der Waals surface area contributed by atoms with E-state index in [0.717, 1.165) is 56.6 Å². The van der Waals surface area contributed by atoms with Crippen LogP contribution >= 0.6 is 11.8 Å². The summed E-state index contributed by atoms with van der Waals surface area (Å²) in [5, 5.41) is 3.04. The van der Waals surface area contributed by atoms with E-state index in [0.29, 0.717) is 5.92 Å². The maximum atomic E-state index is 12.8. The molecule has 112 valence electrons. The molecule has 1 N–H and O–H groups in total. The number of hydrogen-bond donors (Lipinski definition) is 1. The summed E-state index contributed by atoms with van der Waals surface area (Å²) in [7, 11) is 0. The van der Waals surface area contributed by atoms with E-state index in [1.165, 1.54) is 0 Å². The van der Waals surface area contributed by atoms with Crippen molar-refractivity contribution in [2.24, 2.45) is 5.92 Å². The normalized spacial score (nSPS) is 29.1. The monoisotopic (exact) mass is 296 g/mol. The van der Waals surface area contributed by atoms with Crippen LogP contribution in [-0.2, 0) is 9.59 Å².